The van der Waals surface area contributed by atoms with Crippen molar-refractivity contribution in [3.8, 4) is 0 Å². The molecule has 0 fully saturated rings. The van der Waals surface area contributed by atoms with E-state index in [1.807, 2.05) is 26.0 Å². The molecule has 14 heavy (non-hydrogen) atoms. The van der Waals surface area contributed by atoms with Crippen molar-refractivity contribution in [1.29, 1.82) is 0 Å². The number of anilines is 1. The maximum atomic E-state index is 11.7. The van der Waals surface area contributed by atoms with Crippen molar-refractivity contribution in [2.75, 3.05) is 11.9 Å². The van der Waals surface area contributed by atoms with E-state index in [0.717, 1.165) is 0 Å². The van der Waals surface area contributed by atoms with Crippen LogP contribution in [0, 0.1) is 11.8 Å². The third kappa shape index (κ3) is 2.60. The highest BCUT2D eigenvalue weighted by molar-refractivity contribution is 5.92. The molecule has 0 radical (unpaired) electrons. The summed E-state index contributed by atoms with van der Waals surface area (Å²) in [5.74, 6) is 0.826. The number of rotatable bonds is 4. The fourth-order valence-corrected chi connectivity index (χ4v) is 1.32. The summed E-state index contributed by atoms with van der Waals surface area (Å²) in [6.07, 6.45) is 1.77. The smallest absolute Gasteiger partial charge is 0.230 e. The van der Waals surface area contributed by atoms with E-state index in [0.29, 0.717) is 12.4 Å². The first-order chi connectivity index (χ1) is 6.65. The second kappa shape index (κ2) is 4.81. The Balaban J connectivity index is 2.56. The number of hydrogen-bond acceptors (Lipinski definition) is 2. The number of hydrogen-bond donors (Lipinski definition) is 3. The van der Waals surface area contributed by atoms with Crippen LogP contribution in [0.25, 0.3) is 0 Å². The maximum Gasteiger partial charge on any atom is 0.230 e. The molecule has 1 aromatic rings. The number of aromatic nitrogens is 1. The van der Waals surface area contributed by atoms with Gasteiger partial charge in [0, 0.05) is 12.7 Å². The monoisotopic (exact) mass is 195 g/mol. The van der Waals surface area contributed by atoms with Gasteiger partial charge in [0.2, 0.25) is 5.91 Å². The maximum absolute atomic E-state index is 11.7. The SMILES string of the molecule is CC(C)C(CN)C(=O)Nc1ccc[nH]1. The van der Waals surface area contributed by atoms with Gasteiger partial charge >= 0.3 is 0 Å². The number of amides is 1. The van der Waals surface area contributed by atoms with Crippen molar-refractivity contribution >= 4 is 11.7 Å². The van der Waals surface area contributed by atoms with Gasteiger partial charge in [-0.3, -0.25) is 4.79 Å². The quantitative estimate of drug-likeness (QED) is 0.675. The predicted molar refractivity (Wildman–Crippen MR) is 56.8 cm³/mol. The van der Waals surface area contributed by atoms with Crippen LogP contribution in [0.15, 0.2) is 18.3 Å². The van der Waals surface area contributed by atoms with Crippen LogP contribution in [0.4, 0.5) is 5.82 Å². The van der Waals surface area contributed by atoms with E-state index < -0.39 is 0 Å². The van der Waals surface area contributed by atoms with Gasteiger partial charge in [0.15, 0.2) is 0 Å². The molecule has 0 aliphatic heterocycles. The number of H-pyrrole nitrogens is 1. The van der Waals surface area contributed by atoms with E-state index in [9.17, 15) is 4.79 Å². The average Bonchev–Trinajstić information content (AvgIpc) is 2.57. The van der Waals surface area contributed by atoms with Crippen molar-refractivity contribution in [2.45, 2.75) is 13.8 Å². The summed E-state index contributed by atoms with van der Waals surface area (Å²) in [6.45, 7) is 4.36. The summed E-state index contributed by atoms with van der Waals surface area (Å²) in [4.78, 5) is 14.6. The zero-order chi connectivity index (χ0) is 10.6. The van der Waals surface area contributed by atoms with Crippen molar-refractivity contribution in [3.63, 3.8) is 0 Å². The molecule has 1 heterocycles. The van der Waals surface area contributed by atoms with Gasteiger partial charge in [-0.05, 0) is 18.1 Å². The molecule has 1 amide bonds. The predicted octanol–water partition coefficient (Wildman–Crippen LogP) is 1.18. The zero-order valence-electron chi connectivity index (χ0n) is 8.58. The Labute approximate surface area is 83.9 Å². The molecule has 0 saturated carbocycles. The van der Waals surface area contributed by atoms with E-state index in [2.05, 4.69) is 10.3 Å². The lowest BCUT2D eigenvalue weighted by atomic mass is 9.95. The van der Waals surface area contributed by atoms with Crippen molar-refractivity contribution in [2.24, 2.45) is 17.6 Å². The Morgan fingerprint density at radius 1 is 1.64 bits per heavy atom. The van der Waals surface area contributed by atoms with Crippen molar-refractivity contribution < 1.29 is 4.79 Å². The largest absolute Gasteiger partial charge is 0.348 e. The highest BCUT2D eigenvalue weighted by Crippen LogP contribution is 2.12. The van der Waals surface area contributed by atoms with E-state index in [1.165, 1.54) is 0 Å². The molecule has 0 saturated heterocycles. The van der Waals surface area contributed by atoms with Crippen LogP contribution in [0.5, 0.6) is 0 Å². The van der Waals surface area contributed by atoms with E-state index in [1.54, 1.807) is 6.20 Å². The average molecular weight is 195 g/mol. The highest BCUT2D eigenvalue weighted by Gasteiger charge is 2.20. The van der Waals surface area contributed by atoms with Gasteiger partial charge < -0.3 is 16.0 Å². The minimum atomic E-state index is -0.127. The second-order valence-electron chi connectivity index (χ2n) is 3.66. The summed E-state index contributed by atoms with van der Waals surface area (Å²) in [7, 11) is 0. The lowest BCUT2D eigenvalue weighted by Gasteiger charge is -2.17. The van der Waals surface area contributed by atoms with Crippen LogP contribution < -0.4 is 11.1 Å². The number of carbonyl (C=O) groups is 1. The minimum absolute atomic E-state index is 0.0232. The first-order valence-corrected chi connectivity index (χ1v) is 4.79. The molecule has 0 spiro atoms. The molecular weight excluding hydrogens is 178 g/mol. The summed E-state index contributed by atoms with van der Waals surface area (Å²) in [5.41, 5.74) is 5.53. The molecule has 0 aliphatic rings. The van der Waals surface area contributed by atoms with Crippen LogP contribution in [0.1, 0.15) is 13.8 Å². The van der Waals surface area contributed by atoms with Gasteiger partial charge in [-0.1, -0.05) is 13.8 Å². The number of aromatic amines is 1. The molecule has 4 nitrogen and oxygen atoms in total. The molecule has 1 aromatic heterocycles. The Bertz CT molecular complexity index is 280. The van der Waals surface area contributed by atoms with Crippen molar-refractivity contribution in [3.05, 3.63) is 18.3 Å². The first kappa shape index (κ1) is 10.8. The number of carbonyl (C=O) groups excluding carboxylic acids is 1. The molecule has 0 bridgehead atoms. The first-order valence-electron chi connectivity index (χ1n) is 4.79. The molecule has 0 aliphatic carbocycles. The third-order valence-electron chi connectivity index (χ3n) is 2.25. The van der Waals surface area contributed by atoms with E-state index in [-0.39, 0.29) is 17.7 Å². The standard InChI is InChI=1S/C10H17N3O/c1-7(2)8(6-11)10(14)13-9-4-3-5-12-9/h3-5,7-8,12H,6,11H2,1-2H3,(H,13,14). The lowest BCUT2D eigenvalue weighted by Crippen LogP contribution is -2.33. The summed E-state index contributed by atoms with van der Waals surface area (Å²) >= 11 is 0. The van der Waals surface area contributed by atoms with Gasteiger partial charge in [-0.25, -0.2) is 0 Å². The summed E-state index contributed by atoms with van der Waals surface area (Å²) < 4.78 is 0. The Morgan fingerprint density at radius 3 is 2.79 bits per heavy atom. The molecule has 1 atom stereocenters. The van der Waals surface area contributed by atoms with Gasteiger partial charge in [0.1, 0.15) is 5.82 Å². The molecule has 78 valence electrons. The van der Waals surface area contributed by atoms with Crippen molar-refractivity contribution in [1.82, 2.24) is 4.98 Å². The van der Waals surface area contributed by atoms with Crippen LogP contribution >= 0.6 is 0 Å². The third-order valence-corrected chi connectivity index (χ3v) is 2.25. The van der Waals surface area contributed by atoms with E-state index >= 15 is 0 Å². The summed E-state index contributed by atoms with van der Waals surface area (Å²) in [6, 6.07) is 3.65. The summed E-state index contributed by atoms with van der Waals surface area (Å²) in [5, 5.41) is 2.78. The number of nitrogens with two attached hydrogens (primary N) is 1. The fraction of sp³-hybridized carbons (Fsp3) is 0.500. The van der Waals surface area contributed by atoms with Gasteiger partial charge in [0.25, 0.3) is 0 Å². The van der Waals surface area contributed by atoms with Gasteiger partial charge in [-0.15, -0.1) is 0 Å². The zero-order valence-corrected chi connectivity index (χ0v) is 8.58. The van der Waals surface area contributed by atoms with Crippen LogP contribution in [-0.4, -0.2) is 17.4 Å². The van der Waals surface area contributed by atoms with Gasteiger partial charge in [0.05, 0.1) is 5.92 Å². The van der Waals surface area contributed by atoms with Crippen LogP contribution in [0.3, 0.4) is 0 Å². The highest BCUT2D eigenvalue weighted by atomic mass is 16.2. The molecule has 4 heteroatoms. The molecule has 0 aromatic carbocycles. The number of nitrogens with one attached hydrogen (secondary N) is 2. The van der Waals surface area contributed by atoms with E-state index in [4.69, 9.17) is 5.73 Å². The van der Waals surface area contributed by atoms with Crippen LogP contribution in [-0.2, 0) is 4.79 Å². The van der Waals surface area contributed by atoms with Crippen LogP contribution in [0.2, 0.25) is 0 Å². The normalized spacial score (nSPS) is 12.9. The molecule has 1 unspecified atom stereocenters. The lowest BCUT2D eigenvalue weighted by molar-refractivity contribution is -0.120. The second-order valence-corrected chi connectivity index (χ2v) is 3.66. The minimum Gasteiger partial charge on any atom is -0.348 e. The molecule has 1 rings (SSSR count). The Hall–Kier alpha value is -1.29. The van der Waals surface area contributed by atoms with Gasteiger partial charge in [-0.2, -0.15) is 0 Å². The molecule has 4 N–H and O–H groups in total. The fourth-order valence-electron chi connectivity index (χ4n) is 1.32. The topological polar surface area (TPSA) is 70.9 Å². The Kier molecular flexibility index (Phi) is 3.71. The molecular formula is C10H17N3O. The Morgan fingerprint density at radius 2 is 2.36 bits per heavy atom.